The Kier molecular flexibility index (Phi) is 12.1. The summed E-state index contributed by atoms with van der Waals surface area (Å²) in [6, 6.07) is 8.20. The number of hydrogen-bond donors (Lipinski definition) is 3. The highest BCUT2D eigenvalue weighted by Crippen LogP contribution is 2.19. The third kappa shape index (κ3) is 12.0. The number of ether oxygens (including phenoxy) is 1. The lowest BCUT2D eigenvalue weighted by Crippen LogP contribution is -2.35. The van der Waals surface area contributed by atoms with E-state index < -0.39 is 24.3 Å². The fourth-order valence-corrected chi connectivity index (χ4v) is 3.11. The Bertz CT molecular complexity index is 793. The van der Waals surface area contributed by atoms with Crippen molar-refractivity contribution in [1.82, 2.24) is 10.2 Å². The number of nitrogens with zero attached hydrogens (tertiary/aromatic N) is 1. The minimum atomic E-state index is -5.08. The molecule has 2 aliphatic rings. The lowest BCUT2D eigenvalue weighted by atomic mass is 9.89. The molecule has 8 nitrogen and oxygen atoms in total. The van der Waals surface area contributed by atoms with Crippen molar-refractivity contribution in [3.63, 3.8) is 0 Å². The molecule has 0 saturated carbocycles. The van der Waals surface area contributed by atoms with Crippen LogP contribution < -0.4 is 5.32 Å². The highest BCUT2D eigenvalue weighted by Gasteiger charge is 2.38. The number of alkyl halides is 6. The number of carbonyl (C=O) groups is 3. The number of ketones is 1. The standard InChI is InChI=1S/C17H24N2O2.2C2HF3O2/c20-17(16-5-7-18-8-6-16)15-3-1-14(2-4-15)13-19-9-11-21-12-10-19;2*3-2(4,5)1(6)7/h1-4,16,18H,5-13H2;2*(H,6,7). The number of morpholine rings is 1. The van der Waals surface area contributed by atoms with E-state index in [0.29, 0.717) is 5.78 Å². The van der Waals surface area contributed by atoms with E-state index in [0.717, 1.165) is 64.3 Å². The van der Waals surface area contributed by atoms with Gasteiger partial charge in [0.05, 0.1) is 13.2 Å². The average molecular weight is 516 g/mol. The van der Waals surface area contributed by atoms with Gasteiger partial charge in [-0.15, -0.1) is 0 Å². The molecule has 35 heavy (non-hydrogen) atoms. The van der Waals surface area contributed by atoms with Gasteiger partial charge in [0.15, 0.2) is 5.78 Å². The largest absolute Gasteiger partial charge is 0.490 e. The first-order valence-electron chi connectivity index (χ1n) is 10.5. The van der Waals surface area contributed by atoms with Gasteiger partial charge in [0, 0.05) is 31.1 Å². The summed E-state index contributed by atoms with van der Waals surface area (Å²) in [5.74, 6) is -4.99. The van der Waals surface area contributed by atoms with Gasteiger partial charge < -0.3 is 20.3 Å². The van der Waals surface area contributed by atoms with Crippen LogP contribution >= 0.6 is 0 Å². The van der Waals surface area contributed by atoms with Crippen molar-refractivity contribution in [3.8, 4) is 0 Å². The van der Waals surface area contributed by atoms with Crippen LogP contribution in [-0.4, -0.2) is 84.6 Å². The predicted octanol–water partition coefficient (Wildman–Crippen LogP) is 2.97. The molecule has 2 aliphatic heterocycles. The first-order chi connectivity index (χ1) is 16.2. The normalized spacial score (nSPS) is 17.3. The van der Waals surface area contributed by atoms with Crippen LogP contribution in [0.1, 0.15) is 28.8 Å². The third-order valence-electron chi connectivity index (χ3n) is 4.94. The molecule has 0 aliphatic carbocycles. The van der Waals surface area contributed by atoms with Gasteiger partial charge in [-0.2, -0.15) is 26.3 Å². The van der Waals surface area contributed by atoms with Crippen LogP contribution in [0.25, 0.3) is 0 Å². The van der Waals surface area contributed by atoms with Gasteiger partial charge in [0.25, 0.3) is 0 Å². The van der Waals surface area contributed by atoms with Crippen LogP contribution in [0.2, 0.25) is 0 Å². The Morgan fingerprint density at radius 1 is 0.886 bits per heavy atom. The number of carboxylic acid groups (broad SMARTS) is 2. The average Bonchev–Trinajstić information content (AvgIpc) is 2.80. The second-order valence-corrected chi connectivity index (χ2v) is 7.58. The predicted molar refractivity (Wildman–Crippen MR) is 110 cm³/mol. The lowest BCUT2D eigenvalue weighted by Gasteiger charge is -2.26. The van der Waals surface area contributed by atoms with Gasteiger partial charge in [0.2, 0.25) is 0 Å². The van der Waals surface area contributed by atoms with Gasteiger partial charge >= 0.3 is 24.3 Å². The molecule has 1 aromatic rings. The first kappa shape index (κ1) is 30.3. The number of carboxylic acids is 2. The van der Waals surface area contributed by atoms with E-state index in [4.69, 9.17) is 24.5 Å². The van der Waals surface area contributed by atoms with Crippen molar-refractivity contribution >= 4 is 17.7 Å². The molecule has 2 saturated heterocycles. The zero-order chi connectivity index (χ0) is 26.6. The molecule has 3 rings (SSSR count). The van der Waals surface area contributed by atoms with Crippen LogP contribution in [0.5, 0.6) is 0 Å². The number of carbonyl (C=O) groups excluding carboxylic acids is 1. The maximum Gasteiger partial charge on any atom is 0.490 e. The Hall–Kier alpha value is -2.71. The molecule has 14 heteroatoms. The summed E-state index contributed by atoms with van der Waals surface area (Å²) < 4.78 is 68.8. The number of hydrogen-bond acceptors (Lipinski definition) is 6. The fourth-order valence-electron chi connectivity index (χ4n) is 3.11. The van der Waals surface area contributed by atoms with Gasteiger partial charge in [-0.3, -0.25) is 9.69 Å². The van der Waals surface area contributed by atoms with Gasteiger partial charge in [-0.25, -0.2) is 9.59 Å². The van der Waals surface area contributed by atoms with Gasteiger partial charge in [0.1, 0.15) is 0 Å². The van der Waals surface area contributed by atoms with E-state index in [9.17, 15) is 31.1 Å². The summed E-state index contributed by atoms with van der Waals surface area (Å²) in [4.78, 5) is 32.6. The van der Waals surface area contributed by atoms with Crippen LogP contribution in [0.15, 0.2) is 24.3 Å². The summed E-state index contributed by atoms with van der Waals surface area (Å²) in [5, 5.41) is 17.6. The van der Waals surface area contributed by atoms with E-state index >= 15 is 0 Å². The monoisotopic (exact) mass is 516 g/mol. The summed E-state index contributed by atoms with van der Waals surface area (Å²) in [6.45, 7) is 6.52. The first-order valence-corrected chi connectivity index (χ1v) is 10.5. The number of halogens is 6. The summed E-state index contributed by atoms with van der Waals surface area (Å²) in [7, 11) is 0. The molecule has 0 aromatic heterocycles. The highest BCUT2D eigenvalue weighted by molar-refractivity contribution is 5.97. The van der Waals surface area contributed by atoms with Crippen LogP contribution in [0, 0.1) is 5.92 Å². The van der Waals surface area contributed by atoms with E-state index in [-0.39, 0.29) is 5.92 Å². The molecule has 0 unspecified atom stereocenters. The number of nitrogens with one attached hydrogen (secondary N) is 1. The van der Waals surface area contributed by atoms with Crippen molar-refractivity contribution in [2.75, 3.05) is 39.4 Å². The number of rotatable bonds is 4. The zero-order valence-corrected chi connectivity index (χ0v) is 18.5. The minimum Gasteiger partial charge on any atom is -0.475 e. The van der Waals surface area contributed by atoms with E-state index in [2.05, 4.69) is 22.3 Å². The van der Waals surface area contributed by atoms with Crippen molar-refractivity contribution in [2.24, 2.45) is 5.92 Å². The molecular weight excluding hydrogens is 490 g/mol. The van der Waals surface area contributed by atoms with Crippen molar-refractivity contribution < 1.29 is 55.7 Å². The summed E-state index contributed by atoms with van der Waals surface area (Å²) in [5.41, 5.74) is 2.14. The number of aliphatic carboxylic acids is 2. The van der Waals surface area contributed by atoms with E-state index in [1.165, 1.54) is 5.56 Å². The molecule has 2 heterocycles. The van der Waals surface area contributed by atoms with Crippen molar-refractivity contribution in [3.05, 3.63) is 35.4 Å². The maximum absolute atomic E-state index is 12.4. The summed E-state index contributed by atoms with van der Waals surface area (Å²) >= 11 is 0. The quantitative estimate of drug-likeness (QED) is 0.413. The minimum absolute atomic E-state index is 0.205. The second kappa shape index (κ2) is 14.0. The SMILES string of the molecule is O=C(O)C(F)(F)F.O=C(O)C(F)(F)F.O=C(c1ccc(CN2CCOCC2)cc1)C1CCNCC1. The van der Waals surface area contributed by atoms with E-state index in [1.807, 2.05) is 12.1 Å². The van der Waals surface area contributed by atoms with Gasteiger partial charge in [-0.05, 0) is 31.5 Å². The molecule has 2 fully saturated rings. The molecule has 1 aromatic carbocycles. The molecule has 0 spiro atoms. The number of Topliss-reactive ketones (excluding diaryl/α,β-unsaturated/α-hetero) is 1. The maximum atomic E-state index is 12.4. The van der Waals surface area contributed by atoms with Crippen molar-refractivity contribution in [1.29, 1.82) is 0 Å². The van der Waals surface area contributed by atoms with Crippen LogP contribution in [0.4, 0.5) is 26.3 Å². The molecule has 0 radical (unpaired) electrons. The van der Waals surface area contributed by atoms with E-state index in [1.54, 1.807) is 0 Å². The molecule has 3 N–H and O–H groups in total. The summed E-state index contributed by atoms with van der Waals surface area (Å²) in [6.07, 6.45) is -8.23. The Labute approximate surface area is 196 Å². The zero-order valence-electron chi connectivity index (χ0n) is 18.5. The van der Waals surface area contributed by atoms with Crippen molar-refractivity contribution in [2.45, 2.75) is 31.7 Å². The fraction of sp³-hybridized carbons (Fsp3) is 0.571. The Morgan fingerprint density at radius 2 is 1.31 bits per heavy atom. The Balaban J connectivity index is 0.000000362. The highest BCUT2D eigenvalue weighted by atomic mass is 19.4. The topological polar surface area (TPSA) is 116 Å². The van der Waals surface area contributed by atoms with Crippen LogP contribution in [0.3, 0.4) is 0 Å². The lowest BCUT2D eigenvalue weighted by molar-refractivity contribution is -0.193. The number of benzene rings is 1. The molecule has 0 atom stereocenters. The van der Waals surface area contributed by atoms with Gasteiger partial charge in [-0.1, -0.05) is 24.3 Å². The Morgan fingerprint density at radius 3 is 1.71 bits per heavy atom. The smallest absolute Gasteiger partial charge is 0.475 e. The van der Waals surface area contributed by atoms with Crippen LogP contribution in [-0.2, 0) is 20.9 Å². The molecule has 198 valence electrons. The molecule has 0 amide bonds. The molecular formula is C21H26F6N2O6. The molecule has 0 bridgehead atoms. The second-order valence-electron chi connectivity index (χ2n) is 7.58. The third-order valence-corrected chi connectivity index (χ3v) is 4.94. The number of piperidine rings is 1.